The lowest BCUT2D eigenvalue weighted by molar-refractivity contribution is 0.303. The molecule has 1 saturated carbocycles. The number of hydrogen-bond donors (Lipinski definition) is 1. The molecule has 1 aromatic rings. The van der Waals surface area contributed by atoms with Gasteiger partial charge < -0.3 is 10.5 Å². The molecule has 0 radical (unpaired) electrons. The zero-order valence-corrected chi connectivity index (χ0v) is 7.92. The Morgan fingerprint density at radius 2 is 2.15 bits per heavy atom. The van der Waals surface area contributed by atoms with Crippen molar-refractivity contribution in [2.75, 3.05) is 5.73 Å². The summed E-state index contributed by atoms with van der Waals surface area (Å²) in [6.07, 6.45) is 3.84. The van der Waals surface area contributed by atoms with E-state index in [0.717, 1.165) is 17.9 Å². The first-order valence-corrected chi connectivity index (χ1v) is 4.84. The Kier molecular flexibility index (Phi) is 2.13. The van der Waals surface area contributed by atoms with Gasteiger partial charge >= 0.3 is 0 Å². The Balaban J connectivity index is 2.17. The van der Waals surface area contributed by atoms with Crippen LogP contribution in [0.4, 0.5) is 5.69 Å². The minimum atomic E-state index is 0.450. The van der Waals surface area contributed by atoms with Crippen LogP contribution in [0.15, 0.2) is 18.2 Å². The number of nitrogens with two attached hydrogens (primary N) is 1. The largest absolute Gasteiger partial charge is 0.490 e. The summed E-state index contributed by atoms with van der Waals surface area (Å²) in [4.78, 5) is 0. The molecular formula is C11H15NO. The first-order valence-electron chi connectivity index (χ1n) is 4.84. The molecule has 2 heteroatoms. The van der Waals surface area contributed by atoms with Crippen LogP contribution in [0.3, 0.4) is 0 Å². The topological polar surface area (TPSA) is 35.2 Å². The van der Waals surface area contributed by atoms with E-state index in [1.54, 1.807) is 0 Å². The second-order valence-electron chi connectivity index (χ2n) is 3.58. The molecule has 0 aliphatic heterocycles. The van der Waals surface area contributed by atoms with E-state index in [4.69, 9.17) is 10.5 Å². The van der Waals surface area contributed by atoms with Crippen LogP contribution < -0.4 is 10.5 Å². The molecular weight excluding hydrogens is 162 g/mol. The second-order valence-corrected chi connectivity index (χ2v) is 3.58. The lowest BCUT2D eigenvalue weighted by Gasteiger charge is -2.07. The third kappa shape index (κ3) is 2.14. The molecule has 2 rings (SSSR count). The minimum Gasteiger partial charge on any atom is -0.490 e. The third-order valence-corrected chi connectivity index (χ3v) is 2.22. The summed E-state index contributed by atoms with van der Waals surface area (Å²) in [6.45, 7) is 2.12. The normalized spacial score (nSPS) is 15.8. The Hall–Kier alpha value is -1.18. The van der Waals surface area contributed by atoms with E-state index in [1.165, 1.54) is 18.4 Å². The second kappa shape index (κ2) is 3.29. The maximum atomic E-state index is 5.75. The van der Waals surface area contributed by atoms with Crippen LogP contribution in [-0.4, -0.2) is 6.10 Å². The molecule has 2 N–H and O–H groups in total. The lowest BCUT2D eigenvalue weighted by Crippen LogP contribution is -1.98. The third-order valence-electron chi connectivity index (χ3n) is 2.22. The zero-order valence-electron chi connectivity index (χ0n) is 7.92. The smallest absolute Gasteiger partial charge is 0.122 e. The molecule has 70 valence electrons. The van der Waals surface area contributed by atoms with Crippen molar-refractivity contribution in [1.82, 2.24) is 0 Å². The van der Waals surface area contributed by atoms with Crippen molar-refractivity contribution in [3.63, 3.8) is 0 Å². The molecule has 2 nitrogen and oxygen atoms in total. The molecule has 0 atom stereocenters. The highest BCUT2D eigenvalue weighted by atomic mass is 16.5. The Morgan fingerprint density at radius 1 is 1.38 bits per heavy atom. The molecule has 0 spiro atoms. The van der Waals surface area contributed by atoms with Gasteiger partial charge in [0, 0.05) is 11.8 Å². The first-order chi connectivity index (χ1) is 6.28. The van der Waals surface area contributed by atoms with Gasteiger partial charge in [0.05, 0.1) is 6.10 Å². The maximum absolute atomic E-state index is 5.75. The van der Waals surface area contributed by atoms with E-state index in [2.05, 4.69) is 13.0 Å². The van der Waals surface area contributed by atoms with Gasteiger partial charge in [0.25, 0.3) is 0 Å². The quantitative estimate of drug-likeness (QED) is 0.719. The molecule has 1 fully saturated rings. The summed E-state index contributed by atoms with van der Waals surface area (Å²) in [6, 6.07) is 5.98. The molecule has 1 aliphatic rings. The van der Waals surface area contributed by atoms with Gasteiger partial charge in [0.1, 0.15) is 5.75 Å². The Morgan fingerprint density at radius 3 is 2.77 bits per heavy atom. The van der Waals surface area contributed by atoms with Gasteiger partial charge in [-0.2, -0.15) is 0 Å². The fourth-order valence-electron chi connectivity index (χ4n) is 1.34. The predicted octanol–water partition coefficient (Wildman–Crippen LogP) is 2.37. The van der Waals surface area contributed by atoms with E-state index in [9.17, 15) is 0 Å². The van der Waals surface area contributed by atoms with E-state index in [0.29, 0.717) is 6.10 Å². The number of aryl methyl sites for hydroxylation is 1. The van der Waals surface area contributed by atoms with Gasteiger partial charge in [-0.3, -0.25) is 0 Å². The monoisotopic (exact) mass is 177 g/mol. The van der Waals surface area contributed by atoms with Crippen LogP contribution in [0.25, 0.3) is 0 Å². The number of nitrogen functional groups attached to an aromatic ring is 1. The molecule has 1 aliphatic carbocycles. The molecule has 0 saturated heterocycles. The van der Waals surface area contributed by atoms with Crippen LogP contribution in [0.5, 0.6) is 5.75 Å². The molecule has 0 aromatic heterocycles. The molecule has 0 bridgehead atoms. The summed E-state index contributed by atoms with van der Waals surface area (Å²) in [5.41, 5.74) is 7.80. The van der Waals surface area contributed by atoms with E-state index < -0.39 is 0 Å². The Bertz CT molecular complexity index is 305. The fourth-order valence-corrected chi connectivity index (χ4v) is 1.34. The van der Waals surface area contributed by atoms with Gasteiger partial charge in [0.2, 0.25) is 0 Å². The van der Waals surface area contributed by atoms with E-state index in [-0.39, 0.29) is 0 Å². The Labute approximate surface area is 78.7 Å². The van der Waals surface area contributed by atoms with Gasteiger partial charge in [-0.25, -0.2) is 0 Å². The van der Waals surface area contributed by atoms with Crippen molar-refractivity contribution < 1.29 is 4.74 Å². The summed E-state index contributed by atoms with van der Waals surface area (Å²) in [5, 5.41) is 0. The van der Waals surface area contributed by atoms with Crippen molar-refractivity contribution in [1.29, 1.82) is 0 Å². The summed E-state index contributed by atoms with van der Waals surface area (Å²) < 4.78 is 5.67. The van der Waals surface area contributed by atoms with Crippen molar-refractivity contribution in [3.05, 3.63) is 23.8 Å². The van der Waals surface area contributed by atoms with Crippen LogP contribution in [-0.2, 0) is 6.42 Å². The maximum Gasteiger partial charge on any atom is 0.122 e. The van der Waals surface area contributed by atoms with Gasteiger partial charge in [-0.05, 0) is 37.0 Å². The number of ether oxygens (including phenoxy) is 1. The zero-order chi connectivity index (χ0) is 9.26. The number of anilines is 1. The molecule has 13 heavy (non-hydrogen) atoms. The average molecular weight is 177 g/mol. The molecule has 1 aromatic carbocycles. The summed E-state index contributed by atoms with van der Waals surface area (Å²) in [5.74, 6) is 0.930. The van der Waals surface area contributed by atoms with Crippen LogP contribution in [0, 0.1) is 0 Å². The van der Waals surface area contributed by atoms with E-state index in [1.807, 2.05) is 12.1 Å². The predicted molar refractivity (Wildman–Crippen MR) is 53.9 cm³/mol. The van der Waals surface area contributed by atoms with Crippen LogP contribution in [0.2, 0.25) is 0 Å². The standard InChI is InChI=1S/C11H15NO/c1-2-8-5-9(12)7-11(6-8)13-10-3-4-10/h5-7,10H,2-4,12H2,1H3. The van der Waals surface area contributed by atoms with Crippen molar-refractivity contribution in [2.24, 2.45) is 0 Å². The number of hydrogen-bond acceptors (Lipinski definition) is 2. The van der Waals surface area contributed by atoms with Crippen LogP contribution in [0.1, 0.15) is 25.3 Å². The van der Waals surface area contributed by atoms with E-state index >= 15 is 0 Å². The summed E-state index contributed by atoms with van der Waals surface area (Å²) in [7, 11) is 0. The van der Waals surface area contributed by atoms with Gasteiger partial charge in [0.15, 0.2) is 0 Å². The van der Waals surface area contributed by atoms with Crippen LogP contribution >= 0.6 is 0 Å². The SMILES string of the molecule is CCc1cc(N)cc(OC2CC2)c1. The highest BCUT2D eigenvalue weighted by molar-refractivity contribution is 5.47. The fraction of sp³-hybridized carbons (Fsp3) is 0.455. The van der Waals surface area contributed by atoms with Gasteiger partial charge in [-0.15, -0.1) is 0 Å². The highest BCUT2D eigenvalue weighted by Crippen LogP contribution is 2.28. The minimum absolute atomic E-state index is 0.450. The number of rotatable bonds is 3. The van der Waals surface area contributed by atoms with Gasteiger partial charge in [-0.1, -0.05) is 6.92 Å². The molecule has 0 unspecified atom stereocenters. The lowest BCUT2D eigenvalue weighted by atomic mass is 10.1. The van der Waals surface area contributed by atoms with Crippen molar-refractivity contribution in [3.8, 4) is 5.75 Å². The number of benzene rings is 1. The average Bonchev–Trinajstić information content (AvgIpc) is 2.87. The molecule has 0 heterocycles. The summed E-state index contributed by atoms with van der Waals surface area (Å²) >= 11 is 0. The molecule has 0 amide bonds. The van der Waals surface area contributed by atoms with Crippen molar-refractivity contribution in [2.45, 2.75) is 32.3 Å². The first kappa shape index (κ1) is 8.42. The highest BCUT2D eigenvalue weighted by Gasteiger charge is 2.23. The van der Waals surface area contributed by atoms with Crippen molar-refractivity contribution >= 4 is 5.69 Å².